The molecule has 0 amide bonds. The van der Waals surface area contributed by atoms with Crippen LogP contribution in [-0.4, -0.2) is 58.1 Å². The van der Waals surface area contributed by atoms with Gasteiger partial charge in [-0.1, -0.05) is 6.42 Å². The van der Waals surface area contributed by atoms with Crippen molar-refractivity contribution in [2.24, 2.45) is 0 Å². The van der Waals surface area contributed by atoms with Gasteiger partial charge >= 0.3 is 0 Å². The minimum atomic E-state index is 0.645. The van der Waals surface area contributed by atoms with Crippen LogP contribution in [0.5, 0.6) is 0 Å². The molecule has 0 radical (unpaired) electrons. The lowest BCUT2D eigenvalue weighted by Crippen LogP contribution is -2.29. The molecule has 1 aliphatic heterocycles. The smallest absolute Gasteiger partial charge is 0.161 e. The zero-order valence-corrected chi connectivity index (χ0v) is 20.2. The molecule has 0 spiro atoms. The van der Waals surface area contributed by atoms with Gasteiger partial charge in [0.05, 0.1) is 28.4 Å². The summed E-state index contributed by atoms with van der Waals surface area (Å²) in [7, 11) is 0. The number of rotatable bonds is 5. The van der Waals surface area contributed by atoms with Crippen LogP contribution in [0.2, 0.25) is 0 Å². The standard InChI is InChI=1S/C28H25N9/c1-2-10-37(11-3-1)17-18-12-20(14-30-13-18)22-4-5-23-26(32-22)27(36-35-23)28-33-24-16-31-15-21(25(24)34-28)19-6-8-29-9-7-19/h4-9,12-16H,1-3,10-11,17H2,(H,33,34)(H,35,36). The van der Waals surface area contributed by atoms with E-state index in [2.05, 4.69) is 41.1 Å². The van der Waals surface area contributed by atoms with Gasteiger partial charge in [0.15, 0.2) is 11.5 Å². The van der Waals surface area contributed by atoms with Gasteiger partial charge in [0.2, 0.25) is 0 Å². The second kappa shape index (κ2) is 9.18. The predicted molar refractivity (Wildman–Crippen MR) is 142 cm³/mol. The van der Waals surface area contributed by atoms with Crippen molar-refractivity contribution in [3.05, 3.63) is 73.1 Å². The van der Waals surface area contributed by atoms with Crippen LogP contribution in [0.25, 0.3) is 56.0 Å². The van der Waals surface area contributed by atoms with Crippen LogP contribution in [0.15, 0.2) is 67.5 Å². The fraction of sp³-hybridized carbons (Fsp3) is 0.214. The van der Waals surface area contributed by atoms with E-state index in [0.29, 0.717) is 11.5 Å². The monoisotopic (exact) mass is 487 g/mol. The quantitative estimate of drug-likeness (QED) is 0.352. The first-order valence-corrected chi connectivity index (χ1v) is 12.6. The molecule has 7 rings (SSSR count). The summed E-state index contributed by atoms with van der Waals surface area (Å²) in [6, 6.07) is 10.1. The Hall–Kier alpha value is -4.50. The van der Waals surface area contributed by atoms with Gasteiger partial charge in [-0.05, 0) is 67.4 Å². The molecular formula is C28H25N9. The highest BCUT2D eigenvalue weighted by Gasteiger charge is 2.18. The number of likely N-dealkylation sites (tertiary alicyclic amines) is 1. The Morgan fingerprint density at radius 3 is 2.51 bits per heavy atom. The highest BCUT2D eigenvalue weighted by atomic mass is 15.2. The summed E-state index contributed by atoms with van der Waals surface area (Å²) >= 11 is 0. The zero-order valence-electron chi connectivity index (χ0n) is 20.2. The Labute approximate surface area is 213 Å². The van der Waals surface area contributed by atoms with Crippen LogP contribution in [-0.2, 0) is 6.54 Å². The number of H-pyrrole nitrogens is 2. The molecule has 182 valence electrons. The molecule has 7 heterocycles. The van der Waals surface area contributed by atoms with Gasteiger partial charge in [0.1, 0.15) is 5.52 Å². The first-order chi connectivity index (χ1) is 18.3. The van der Waals surface area contributed by atoms with Crippen molar-refractivity contribution in [2.45, 2.75) is 25.8 Å². The zero-order chi connectivity index (χ0) is 24.6. The molecule has 9 heteroatoms. The van der Waals surface area contributed by atoms with E-state index in [1.54, 1.807) is 18.6 Å². The summed E-state index contributed by atoms with van der Waals surface area (Å²) < 4.78 is 0. The lowest BCUT2D eigenvalue weighted by Gasteiger charge is -2.26. The van der Waals surface area contributed by atoms with Crippen LogP contribution in [0.4, 0.5) is 0 Å². The third-order valence-corrected chi connectivity index (χ3v) is 6.96. The van der Waals surface area contributed by atoms with Crippen molar-refractivity contribution in [1.29, 1.82) is 0 Å². The number of hydrogen-bond acceptors (Lipinski definition) is 7. The predicted octanol–water partition coefficient (Wildman–Crippen LogP) is 5.01. The molecule has 37 heavy (non-hydrogen) atoms. The van der Waals surface area contributed by atoms with E-state index in [1.807, 2.05) is 42.9 Å². The van der Waals surface area contributed by atoms with Crippen LogP contribution < -0.4 is 0 Å². The van der Waals surface area contributed by atoms with Crippen molar-refractivity contribution in [3.63, 3.8) is 0 Å². The Kier molecular flexibility index (Phi) is 5.40. The molecule has 0 bridgehead atoms. The highest BCUT2D eigenvalue weighted by Crippen LogP contribution is 2.31. The second-order valence-corrected chi connectivity index (χ2v) is 9.49. The van der Waals surface area contributed by atoms with E-state index in [9.17, 15) is 0 Å². The van der Waals surface area contributed by atoms with Crippen LogP contribution in [0, 0.1) is 0 Å². The topological polar surface area (TPSA) is 112 Å². The number of nitrogens with zero attached hydrogens (tertiary/aromatic N) is 7. The molecule has 6 aromatic heterocycles. The van der Waals surface area contributed by atoms with Crippen molar-refractivity contribution in [2.75, 3.05) is 13.1 Å². The average Bonchev–Trinajstić information content (AvgIpc) is 3.58. The first-order valence-electron chi connectivity index (χ1n) is 12.6. The average molecular weight is 488 g/mol. The molecule has 0 saturated carbocycles. The van der Waals surface area contributed by atoms with Gasteiger partial charge in [0.25, 0.3) is 0 Å². The summed E-state index contributed by atoms with van der Waals surface area (Å²) in [5.74, 6) is 0.645. The van der Waals surface area contributed by atoms with Crippen LogP contribution >= 0.6 is 0 Å². The maximum atomic E-state index is 4.99. The van der Waals surface area contributed by atoms with E-state index < -0.39 is 0 Å². The largest absolute Gasteiger partial charge is 0.335 e. The highest BCUT2D eigenvalue weighted by molar-refractivity contribution is 5.95. The lowest BCUT2D eigenvalue weighted by atomic mass is 10.1. The van der Waals surface area contributed by atoms with Gasteiger partial charge < -0.3 is 4.98 Å². The van der Waals surface area contributed by atoms with E-state index in [1.165, 1.54) is 24.8 Å². The SMILES string of the molecule is c1cc(-c2cncc3[nH]c(-c4n[nH]c5ccc(-c6cncc(CN7CCCCC7)c6)nc45)nc23)ccn1. The maximum absolute atomic E-state index is 4.99. The van der Waals surface area contributed by atoms with E-state index in [-0.39, 0.29) is 0 Å². The van der Waals surface area contributed by atoms with Crippen molar-refractivity contribution in [1.82, 2.24) is 45.0 Å². The fourth-order valence-electron chi connectivity index (χ4n) is 5.10. The maximum Gasteiger partial charge on any atom is 0.161 e. The molecule has 0 aliphatic carbocycles. The van der Waals surface area contributed by atoms with Gasteiger partial charge in [-0.25, -0.2) is 9.97 Å². The number of aromatic amines is 2. The van der Waals surface area contributed by atoms with Crippen molar-refractivity contribution in [3.8, 4) is 33.9 Å². The van der Waals surface area contributed by atoms with E-state index >= 15 is 0 Å². The fourth-order valence-corrected chi connectivity index (χ4v) is 5.10. The number of piperidine rings is 1. The van der Waals surface area contributed by atoms with Gasteiger partial charge in [-0.15, -0.1) is 0 Å². The van der Waals surface area contributed by atoms with E-state index in [4.69, 9.17) is 9.97 Å². The normalized spacial score (nSPS) is 14.5. The molecule has 0 aromatic carbocycles. The molecule has 0 unspecified atom stereocenters. The summed E-state index contributed by atoms with van der Waals surface area (Å²) in [4.78, 5) is 28.8. The minimum absolute atomic E-state index is 0.645. The number of aromatic nitrogens is 8. The van der Waals surface area contributed by atoms with Gasteiger partial charge in [0, 0.05) is 48.7 Å². The Morgan fingerprint density at radius 2 is 1.62 bits per heavy atom. The summed E-state index contributed by atoms with van der Waals surface area (Å²) in [6.07, 6.45) is 14.9. The second-order valence-electron chi connectivity index (χ2n) is 9.49. The molecular weight excluding hydrogens is 462 g/mol. The van der Waals surface area contributed by atoms with Crippen molar-refractivity contribution >= 4 is 22.1 Å². The van der Waals surface area contributed by atoms with Gasteiger partial charge in [-0.2, -0.15) is 5.10 Å². The Morgan fingerprint density at radius 1 is 0.757 bits per heavy atom. The number of imidazole rings is 1. The molecule has 1 saturated heterocycles. The van der Waals surface area contributed by atoms with Crippen molar-refractivity contribution < 1.29 is 0 Å². The Balaban J connectivity index is 1.26. The number of fused-ring (bicyclic) bond motifs is 2. The molecule has 2 N–H and O–H groups in total. The molecule has 1 aliphatic rings. The summed E-state index contributed by atoms with van der Waals surface area (Å²) in [6.45, 7) is 3.23. The lowest BCUT2D eigenvalue weighted by molar-refractivity contribution is 0.220. The number of nitrogens with one attached hydrogen (secondary N) is 2. The van der Waals surface area contributed by atoms with E-state index in [0.717, 1.165) is 64.1 Å². The Bertz CT molecular complexity index is 1700. The number of pyridine rings is 4. The first kappa shape index (κ1) is 21.8. The third-order valence-electron chi connectivity index (χ3n) is 6.96. The number of hydrogen-bond donors (Lipinski definition) is 2. The third kappa shape index (κ3) is 4.13. The van der Waals surface area contributed by atoms with Crippen LogP contribution in [0.1, 0.15) is 24.8 Å². The molecule has 1 fully saturated rings. The summed E-state index contributed by atoms with van der Waals surface area (Å²) in [5.41, 5.74) is 8.97. The molecule has 6 aromatic rings. The molecule has 9 nitrogen and oxygen atoms in total. The van der Waals surface area contributed by atoms with Gasteiger partial charge in [-0.3, -0.25) is 25.0 Å². The minimum Gasteiger partial charge on any atom is -0.335 e. The summed E-state index contributed by atoms with van der Waals surface area (Å²) in [5, 5.41) is 7.66. The van der Waals surface area contributed by atoms with Crippen LogP contribution in [0.3, 0.4) is 0 Å². The molecule has 0 atom stereocenters.